The maximum Gasteiger partial charge on any atom is 0.265 e. The molecule has 0 spiro atoms. The van der Waals surface area contributed by atoms with Crippen LogP contribution >= 0.6 is 11.8 Å². The van der Waals surface area contributed by atoms with Gasteiger partial charge in [0.25, 0.3) is 5.91 Å². The van der Waals surface area contributed by atoms with Crippen LogP contribution in [0, 0.1) is 0 Å². The number of rotatable bonds is 7. The molecule has 86 valence electrons. The number of aliphatic imine (C=N–C) groups is 2. The van der Waals surface area contributed by atoms with E-state index in [1.807, 2.05) is 0 Å². The molecule has 5 nitrogen and oxygen atoms in total. The quantitative estimate of drug-likeness (QED) is 0.371. The van der Waals surface area contributed by atoms with Crippen LogP contribution in [-0.4, -0.2) is 50.2 Å². The van der Waals surface area contributed by atoms with E-state index in [-0.39, 0.29) is 5.91 Å². The second-order valence-electron chi connectivity index (χ2n) is 2.74. The van der Waals surface area contributed by atoms with Gasteiger partial charge in [-0.25, -0.2) is 4.99 Å². The van der Waals surface area contributed by atoms with Gasteiger partial charge in [0, 0.05) is 19.3 Å². The highest BCUT2D eigenvalue weighted by Crippen LogP contribution is 1.86. The number of thioether (sulfide) groups is 1. The number of hydrogen-bond acceptors (Lipinski definition) is 4. The van der Waals surface area contributed by atoms with Crippen molar-refractivity contribution in [3.8, 4) is 0 Å². The highest BCUT2D eigenvalue weighted by Gasteiger charge is 1.99. The molecule has 15 heavy (non-hydrogen) atoms. The number of carbonyl (C=O) groups excluding carboxylic acids is 1. The van der Waals surface area contributed by atoms with Crippen LogP contribution in [0.1, 0.15) is 6.92 Å². The molecule has 0 aliphatic rings. The lowest BCUT2D eigenvalue weighted by molar-refractivity contribution is -0.114. The standard InChI is InChI=1S/C9H18N4OS/c1-8(9(14)10-2)13-7-12-6-11-4-5-15-3/h7,11H,4-6H2,1-3H3,(H,10,14). The van der Waals surface area contributed by atoms with E-state index < -0.39 is 0 Å². The van der Waals surface area contributed by atoms with E-state index in [2.05, 4.69) is 26.9 Å². The summed E-state index contributed by atoms with van der Waals surface area (Å²) in [7, 11) is 1.57. The molecule has 0 radical (unpaired) electrons. The van der Waals surface area contributed by atoms with E-state index in [9.17, 15) is 4.79 Å². The number of nitrogens with one attached hydrogen (secondary N) is 2. The van der Waals surface area contributed by atoms with Crippen LogP contribution in [0.4, 0.5) is 0 Å². The fourth-order valence-electron chi connectivity index (χ4n) is 0.726. The molecule has 0 aliphatic heterocycles. The highest BCUT2D eigenvalue weighted by molar-refractivity contribution is 7.98. The smallest absolute Gasteiger partial charge is 0.265 e. The van der Waals surface area contributed by atoms with E-state index in [1.165, 1.54) is 6.34 Å². The van der Waals surface area contributed by atoms with Crippen molar-refractivity contribution < 1.29 is 4.79 Å². The molecule has 0 unspecified atom stereocenters. The van der Waals surface area contributed by atoms with Crippen molar-refractivity contribution >= 4 is 29.7 Å². The van der Waals surface area contributed by atoms with E-state index in [4.69, 9.17) is 0 Å². The van der Waals surface area contributed by atoms with Gasteiger partial charge in [0.1, 0.15) is 12.1 Å². The molecule has 1 amide bonds. The van der Waals surface area contributed by atoms with Gasteiger partial charge in [0.15, 0.2) is 0 Å². The van der Waals surface area contributed by atoms with Crippen molar-refractivity contribution in [2.45, 2.75) is 6.92 Å². The maximum atomic E-state index is 11.0. The van der Waals surface area contributed by atoms with Crippen molar-refractivity contribution in [2.24, 2.45) is 9.98 Å². The predicted octanol–water partition coefficient (Wildman–Crippen LogP) is 0.132. The summed E-state index contributed by atoms with van der Waals surface area (Å²) in [6.45, 7) is 3.10. The van der Waals surface area contributed by atoms with Gasteiger partial charge in [-0.2, -0.15) is 11.8 Å². The third kappa shape index (κ3) is 8.14. The molecule has 6 heteroatoms. The lowest BCUT2D eigenvalue weighted by atomic mass is 10.4. The molecule has 0 fully saturated rings. The highest BCUT2D eigenvalue weighted by atomic mass is 32.2. The van der Waals surface area contributed by atoms with Crippen LogP contribution < -0.4 is 10.6 Å². The molecule has 0 saturated heterocycles. The van der Waals surface area contributed by atoms with Gasteiger partial charge < -0.3 is 5.32 Å². The lowest BCUT2D eigenvalue weighted by Crippen LogP contribution is -2.25. The molecule has 0 aromatic rings. The Morgan fingerprint density at radius 3 is 2.87 bits per heavy atom. The van der Waals surface area contributed by atoms with Crippen LogP contribution in [0.15, 0.2) is 9.98 Å². The normalized spacial score (nSPS) is 12.1. The first-order valence-corrected chi connectivity index (χ1v) is 6.06. The van der Waals surface area contributed by atoms with Gasteiger partial charge in [-0.1, -0.05) is 0 Å². The monoisotopic (exact) mass is 230 g/mol. The van der Waals surface area contributed by atoms with E-state index in [1.54, 1.807) is 25.7 Å². The molecule has 0 aliphatic carbocycles. The summed E-state index contributed by atoms with van der Waals surface area (Å²) in [4.78, 5) is 18.9. The number of amides is 1. The summed E-state index contributed by atoms with van der Waals surface area (Å²) < 4.78 is 0. The summed E-state index contributed by atoms with van der Waals surface area (Å²) in [5.41, 5.74) is 0.408. The Morgan fingerprint density at radius 2 is 2.27 bits per heavy atom. The summed E-state index contributed by atoms with van der Waals surface area (Å²) >= 11 is 1.78. The van der Waals surface area contributed by atoms with Crippen molar-refractivity contribution in [3.05, 3.63) is 0 Å². The number of carbonyl (C=O) groups is 1. The average molecular weight is 230 g/mol. The van der Waals surface area contributed by atoms with Crippen LogP contribution in [-0.2, 0) is 4.79 Å². The molecular formula is C9H18N4OS. The van der Waals surface area contributed by atoms with E-state index in [0.29, 0.717) is 12.4 Å². The zero-order valence-corrected chi connectivity index (χ0v) is 10.2. The second-order valence-corrected chi connectivity index (χ2v) is 3.73. The molecule has 0 aromatic carbocycles. The largest absolute Gasteiger partial charge is 0.354 e. The van der Waals surface area contributed by atoms with Gasteiger partial charge in [-0.15, -0.1) is 0 Å². The van der Waals surface area contributed by atoms with Crippen molar-refractivity contribution in [2.75, 3.05) is 32.3 Å². The lowest BCUT2D eigenvalue weighted by Gasteiger charge is -1.97. The fourth-order valence-corrected chi connectivity index (χ4v) is 1.07. The summed E-state index contributed by atoms with van der Waals surface area (Å²) in [6.07, 6.45) is 3.46. The molecule has 0 heterocycles. The van der Waals surface area contributed by atoms with Crippen molar-refractivity contribution in [1.29, 1.82) is 0 Å². The minimum Gasteiger partial charge on any atom is -0.354 e. The van der Waals surface area contributed by atoms with Crippen LogP contribution in [0.5, 0.6) is 0 Å². The summed E-state index contributed by atoms with van der Waals surface area (Å²) in [5, 5.41) is 5.60. The summed E-state index contributed by atoms with van der Waals surface area (Å²) in [5.74, 6) is 0.882. The van der Waals surface area contributed by atoms with Crippen LogP contribution in [0.3, 0.4) is 0 Å². The van der Waals surface area contributed by atoms with Crippen molar-refractivity contribution in [3.63, 3.8) is 0 Å². The third-order valence-electron chi connectivity index (χ3n) is 1.57. The molecule has 2 N–H and O–H groups in total. The SMILES string of the molecule is CNC(=O)C(C)=NC=NCNCCSC. The first-order chi connectivity index (χ1) is 7.22. The second kappa shape index (κ2) is 9.67. The van der Waals surface area contributed by atoms with Gasteiger partial charge >= 0.3 is 0 Å². The Balaban J connectivity index is 3.64. The molecule has 0 atom stereocenters. The van der Waals surface area contributed by atoms with Gasteiger partial charge in [0.05, 0.1) is 6.67 Å². The fraction of sp³-hybridized carbons (Fsp3) is 0.667. The Morgan fingerprint density at radius 1 is 1.53 bits per heavy atom. The molecular weight excluding hydrogens is 212 g/mol. The van der Waals surface area contributed by atoms with Gasteiger partial charge in [-0.3, -0.25) is 15.1 Å². The third-order valence-corrected chi connectivity index (χ3v) is 2.19. The Bertz CT molecular complexity index is 240. The van der Waals surface area contributed by atoms with E-state index in [0.717, 1.165) is 12.3 Å². The van der Waals surface area contributed by atoms with E-state index >= 15 is 0 Å². The topological polar surface area (TPSA) is 65.8 Å². The van der Waals surface area contributed by atoms with Gasteiger partial charge in [-0.05, 0) is 13.2 Å². The molecule has 0 saturated carbocycles. The molecule has 0 bridgehead atoms. The molecule has 0 aromatic heterocycles. The zero-order valence-electron chi connectivity index (χ0n) is 9.41. The van der Waals surface area contributed by atoms with Crippen molar-refractivity contribution in [1.82, 2.24) is 10.6 Å². The van der Waals surface area contributed by atoms with Crippen LogP contribution in [0.2, 0.25) is 0 Å². The van der Waals surface area contributed by atoms with Gasteiger partial charge in [0.2, 0.25) is 0 Å². The number of hydrogen-bond donors (Lipinski definition) is 2. The van der Waals surface area contributed by atoms with Crippen LogP contribution in [0.25, 0.3) is 0 Å². The Kier molecular flexibility index (Phi) is 9.10. The minimum absolute atomic E-state index is 0.184. The zero-order chi connectivity index (χ0) is 11.5. The average Bonchev–Trinajstić information content (AvgIpc) is 2.26. The first-order valence-electron chi connectivity index (χ1n) is 4.66. The minimum atomic E-state index is -0.184. The maximum absolute atomic E-state index is 11.0. The number of nitrogens with zero attached hydrogens (tertiary/aromatic N) is 2. The summed E-state index contributed by atoms with van der Waals surface area (Å²) in [6, 6.07) is 0. The first kappa shape index (κ1) is 14.1. The molecule has 0 rings (SSSR count). The Labute approximate surface area is 94.8 Å². The predicted molar refractivity (Wildman–Crippen MR) is 66.9 cm³/mol. The Hall–Kier alpha value is -0.880.